The summed E-state index contributed by atoms with van der Waals surface area (Å²) in [5.41, 5.74) is 3.92. The molecule has 0 radical (unpaired) electrons. The Balaban J connectivity index is 1.18. The van der Waals surface area contributed by atoms with Crippen LogP contribution in [0.3, 0.4) is 0 Å². The second-order valence-electron chi connectivity index (χ2n) is 10.3. The van der Waals surface area contributed by atoms with Gasteiger partial charge in [0, 0.05) is 48.8 Å². The summed E-state index contributed by atoms with van der Waals surface area (Å²) in [4.78, 5) is 21.8. The van der Waals surface area contributed by atoms with Crippen LogP contribution in [0.2, 0.25) is 0 Å². The molecule has 6 nitrogen and oxygen atoms in total. The normalized spacial score (nSPS) is 26.2. The van der Waals surface area contributed by atoms with Gasteiger partial charge in [0.1, 0.15) is 5.75 Å². The Labute approximate surface area is 190 Å². The Morgan fingerprint density at radius 1 is 1.09 bits per heavy atom. The number of methoxy groups -OCH3 is 1. The van der Waals surface area contributed by atoms with E-state index < -0.39 is 0 Å². The quantitative estimate of drug-likeness (QED) is 0.773. The van der Waals surface area contributed by atoms with E-state index in [4.69, 9.17) is 4.74 Å². The van der Waals surface area contributed by atoms with Gasteiger partial charge in [-0.2, -0.15) is 0 Å². The third-order valence-corrected chi connectivity index (χ3v) is 8.75. The molecule has 32 heavy (non-hydrogen) atoms. The number of carbonyl (C=O) groups is 1. The van der Waals surface area contributed by atoms with Gasteiger partial charge in [-0.25, -0.2) is 0 Å². The monoisotopic (exact) mass is 436 g/mol. The van der Waals surface area contributed by atoms with E-state index in [1.54, 1.807) is 7.11 Å². The molecule has 172 valence electrons. The minimum Gasteiger partial charge on any atom is -0.497 e. The van der Waals surface area contributed by atoms with Crippen molar-refractivity contribution in [3.05, 3.63) is 29.5 Å². The molecule has 1 unspecified atom stereocenters. The fourth-order valence-corrected chi connectivity index (χ4v) is 6.81. The molecule has 1 saturated carbocycles. The second-order valence-corrected chi connectivity index (χ2v) is 10.3. The number of nitrogens with zero attached hydrogens (tertiary/aromatic N) is 2. The van der Waals surface area contributed by atoms with Crippen molar-refractivity contribution in [1.29, 1.82) is 0 Å². The van der Waals surface area contributed by atoms with E-state index in [2.05, 4.69) is 32.2 Å². The highest BCUT2D eigenvalue weighted by molar-refractivity contribution is 5.87. The predicted octanol–water partition coefficient (Wildman–Crippen LogP) is 3.55. The summed E-state index contributed by atoms with van der Waals surface area (Å²) < 4.78 is 5.47. The summed E-state index contributed by atoms with van der Waals surface area (Å²) in [6.45, 7) is 3.80. The van der Waals surface area contributed by atoms with Crippen molar-refractivity contribution in [1.82, 2.24) is 20.1 Å². The number of piperidine rings is 1. The van der Waals surface area contributed by atoms with E-state index in [0.717, 1.165) is 57.6 Å². The van der Waals surface area contributed by atoms with E-state index in [1.165, 1.54) is 54.3 Å². The average Bonchev–Trinajstić information content (AvgIpc) is 3.19. The average molecular weight is 437 g/mol. The number of H-pyrrole nitrogens is 1. The molecule has 1 amide bonds. The molecule has 6 heteroatoms. The van der Waals surface area contributed by atoms with Gasteiger partial charge in [-0.15, -0.1) is 0 Å². The number of nitrogens with one attached hydrogen (secondary N) is 2. The zero-order valence-electron chi connectivity index (χ0n) is 19.3. The van der Waals surface area contributed by atoms with Crippen LogP contribution < -0.4 is 10.1 Å². The van der Waals surface area contributed by atoms with Crippen LogP contribution in [0.5, 0.6) is 5.75 Å². The zero-order chi connectivity index (χ0) is 21.7. The van der Waals surface area contributed by atoms with Gasteiger partial charge in [0.2, 0.25) is 5.91 Å². The molecule has 1 aromatic heterocycles. The summed E-state index contributed by atoms with van der Waals surface area (Å²) in [6.07, 6.45) is 10.6. The first-order chi connectivity index (χ1) is 15.7. The van der Waals surface area contributed by atoms with Crippen LogP contribution in [0.15, 0.2) is 18.2 Å². The minimum absolute atomic E-state index is 0.0424. The number of hydrogen-bond donors (Lipinski definition) is 2. The number of ether oxygens (including phenoxy) is 1. The van der Waals surface area contributed by atoms with Crippen LogP contribution in [0.4, 0.5) is 0 Å². The molecule has 6 rings (SSSR count). The molecular weight excluding hydrogens is 400 g/mol. The van der Waals surface area contributed by atoms with Crippen molar-refractivity contribution in [2.24, 2.45) is 0 Å². The molecule has 2 aromatic rings. The number of rotatable bonds is 3. The van der Waals surface area contributed by atoms with Crippen LogP contribution in [0.1, 0.15) is 62.6 Å². The number of amides is 1. The van der Waals surface area contributed by atoms with Crippen LogP contribution in [0.25, 0.3) is 10.9 Å². The number of aromatic nitrogens is 1. The Bertz CT molecular complexity index is 1000. The van der Waals surface area contributed by atoms with Gasteiger partial charge in [0.25, 0.3) is 0 Å². The maximum Gasteiger partial charge on any atom is 0.239 e. The zero-order valence-corrected chi connectivity index (χ0v) is 19.3. The van der Waals surface area contributed by atoms with Crippen LogP contribution in [-0.2, 0) is 16.8 Å². The molecule has 1 atom stereocenters. The number of likely N-dealkylation sites (tertiary alicyclic amines) is 2. The molecule has 4 aliphatic rings. The molecule has 1 aromatic carbocycles. The van der Waals surface area contributed by atoms with Crippen LogP contribution in [-0.4, -0.2) is 66.1 Å². The highest BCUT2D eigenvalue weighted by Crippen LogP contribution is 2.41. The topological polar surface area (TPSA) is 60.6 Å². The standard InChI is InChI=1S/C26H36N4O2/c1-32-19-7-8-22-21(17-19)20-9-13-27-26(24(20)28-22)11-15-29(16-12-26)25(31)23-10-14-30(23)18-5-3-2-4-6-18/h7-8,17-18,23,27-28H,2-6,9-16H2,1H3. The Hall–Kier alpha value is -2.05. The van der Waals surface area contributed by atoms with E-state index in [1.807, 2.05) is 6.07 Å². The minimum atomic E-state index is -0.0424. The number of benzene rings is 1. The second kappa shape index (κ2) is 8.07. The van der Waals surface area contributed by atoms with Gasteiger partial charge in [0.05, 0.1) is 18.7 Å². The van der Waals surface area contributed by atoms with Gasteiger partial charge in [0.15, 0.2) is 0 Å². The largest absolute Gasteiger partial charge is 0.497 e. The van der Waals surface area contributed by atoms with Crippen molar-refractivity contribution in [2.75, 3.05) is 33.3 Å². The van der Waals surface area contributed by atoms with Gasteiger partial charge in [-0.3, -0.25) is 9.69 Å². The Kier molecular flexibility index (Phi) is 5.18. The smallest absolute Gasteiger partial charge is 0.239 e. The first kappa shape index (κ1) is 20.5. The summed E-state index contributed by atoms with van der Waals surface area (Å²) >= 11 is 0. The molecule has 0 bridgehead atoms. The van der Waals surface area contributed by atoms with E-state index >= 15 is 0 Å². The van der Waals surface area contributed by atoms with Gasteiger partial charge in [-0.1, -0.05) is 19.3 Å². The number of hydrogen-bond acceptors (Lipinski definition) is 4. The third-order valence-electron chi connectivity index (χ3n) is 8.75. The molecule has 3 aliphatic heterocycles. The molecule has 3 fully saturated rings. The summed E-state index contributed by atoms with van der Waals surface area (Å²) in [5, 5.41) is 5.13. The third kappa shape index (κ3) is 3.26. The van der Waals surface area contributed by atoms with Crippen LogP contribution >= 0.6 is 0 Å². The lowest BCUT2D eigenvalue weighted by Crippen LogP contribution is -2.63. The fourth-order valence-electron chi connectivity index (χ4n) is 6.81. The maximum atomic E-state index is 13.4. The highest BCUT2D eigenvalue weighted by atomic mass is 16.5. The van der Waals surface area contributed by atoms with Crippen molar-refractivity contribution in [3.63, 3.8) is 0 Å². The number of aromatic amines is 1. The molecule has 2 saturated heterocycles. The van der Waals surface area contributed by atoms with E-state index in [9.17, 15) is 4.79 Å². The summed E-state index contributed by atoms with van der Waals surface area (Å²) in [6, 6.07) is 7.12. The summed E-state index contributed by atoms with van der Waals surface area (Å²) in [7, 11) is 1.73. The Morgan fingerprint density at radius 2 is 1.91 bits per heavy atom. The summed E-state index contributed by atoms with van der Waals surface area (Å²) in [5.74, 6) is 1.30. The first-order valence-electron chi connectivity index (χ1n) is 12.7. The lowest BCUT2D eigenvalue weighted by Gasteiger charge is -2.50. The molecule has 2 N–H and O–H groups in total. The number of fused-ring (bicyclic) bond motifs is 4. The molecule has 1 spiro atoms. The highest BCUT2D eigenvalue weighted by Gasteiger charge is 2.45. The lowest BCUT2D eigenvalue weighted by atomic mass is 9.79. The number of carbonyl (C=O) groups excluding carboxylic acids is 1. The first-order valence-corrected chi connectivity index (χ1v) is 12.7. The van der Waals surface area contributed by atoms with E-state index in [0.29, 0.717) is 11.9 Å². The van der Waals surface area contributed by atoms with Gasteiger partial charge in [-0.05, 0) is 62.3 Å². The molecule has 1 aliphatic carbocycles. The lowest BCUT2D eigenvalue weighted by molar-refractivity contribution is -0.146. The van der Waals surface area contributed by atoms with Gasteiger partial charge >= 0.3 is 0 Å². The maximum absolute atomic E-state index is 13.4. The molecule has 4 heterocycles. The van der Waals surface area contributed by atoms with Crippen molar-refractivity contribution >= 4 is 16.8 Å². The SMILES string of the molecule is COc1ccc2[nH]c3c(c2c1)CCNC31CCN(C(=O)C2CCN2C2CCCCC2)CC1. The van der Waals surface area contributed by atoms with Crippen molar-refractivity contribution in [3.8, 4) is 5.75 Å². The van der Waals surface area contributed by atoms with Gasteiger partial charge < -0.3 is 19.9 Å². The van der Waals surface area contributed by atoms with E-state index in [-0.39, 0.29) is 11.6 Å². The van der Waals surface area contributed by atoms with Crippen LogP contribution in [0, 0.1) is 0 Å². The predicted molar refractivity (Wildman–Crippen MR) is 126 cm³/mol. The van der Waals surface area contributed by atoms with Crippen molar-refractivity contribution in [2.45, 2.75) is 75.4 Å². The fraction of sp³-hybridized carbons (Fsp3) is 0.654. The Morgan fingerprint density at radius 3 is 2.62 bits per heavy atom. The molecular formula is C26H36N4O2. The van der Waals surface area contributed by atoms with Crippen molar-refractivity contribution < 1.29 is 9.53 Å².